The van der Waals surface area contributed by atoms with E-state index in [1.165, 1.54) is 19.2 Å². The Kier molecular flexibility index (Phi) is 4.50. The van der Waals surface area contributed by atoms with Crippen molar-refractivity contribution in [1.82, 2.24) is 0 Å². The first-order valence-corrected chi connectivity index (χ1v) is 7.10. The van der Waals surface area contributed by atoms with Gasteiger partial charge in [-0.25, -0.2) is 0 Å². The minimum absolute atomic E-state index is 0.0833. The number of hydrogen-bond donors (Lipinski definition) is 2. The van der Waals surface area contributed by atoms with Crippen LogP contribution in [0.25, 0.3) is 0 Å². The van der Waals surface area contributed by atoms with Crippen molar-refractivity contribution in [3.8, 4) is 5.75 Å². The van der Waals surface area contributed by atoms with Gasteiger partial charge < -0.3 is 14.9 Å². The smallest absolute Gasteiger partial charge is 0.323 e. The Bertz CT molecular complexity index is 516. The lowest BCUT2D eigenvalue weighted by Crippen LogP contribution is -2.47. The predicted molar refractivity (Wildman–Crippen MR) is 75.9 cm³/mol. The van der Waals surface area contributed by atoms with Crippen LogP contribution in [0.4, 0.5) is 0 Å². The Hall–Kier alpha value is -2.04. The van der Waals surface area contributed by atoms with Crippen LogP contribution >= 0.6 is 0 Å². The standard InChI is InChI=1S/C16H20O5/c1-21-15(20)16(14(18)19,12-4-2-3-5-12)10-11-6-8-13(17)9-7-11/h6-9,12,17H,2-5,10H2,1H3,(H,18,19). The van der Waals surface area contributed by atoms with Crippen LogP contribution in [0, 0.1) is 11.3 Å². The number of hydrogen-bond acceptors (Lipinski definition) is 4. The summed E-state index contributed by atoms with van der Waals surface area (Å²) in [5, 5.41) is 19.1. The SMILES string of the molecule is COC(=O)C(Cc1ccc(O)cc1)(C(=O)O)C1CCCC1. The van der Waals surface area contributed by atoms with Crippen molar-refractivity contribution in [1.29, 1.82) is 0 Å². The second-order valence-electron chi connectivity index (χ2n) is 5.59. The van der Waals surface area contributed by atoms with Crippen molar-refractivity contribution >= 4 is 11.9 Å². The van der Waals surface area contributed by atoms with Gasteiger partial charge >= 0.3 is 11.9 Å². The summed E-state index contributed by atoms with van der Waals surface area (Å²) in [4.78, 5) is 24.2. The summed E-state index contributed by atoms with van der Waals surface area (Å²) in [6, 6.07) is 6.28. The van der Waals surface area contributed by atoms with Gasteiger partial charge in [-0.2, -0.15) is 0 Å². The van der Waals surface area contributed by atoms with Gasteiger partial charge in [0, 0.05) is 0 Å². The number of benzene rings is 1. The van der Waals surface area contributed by atoms with Crippen LogP contribution in [-0.4, -0.2) is 29.3 Å². The molecule has 0 amide bonds. The Morgan fingerprint density at radius 1 is 1.24 bits per heavy atom. The number of carboxylic acid groups (broad SMARTS) is 1. The van der Waals surface area contributed by atoms with E-state index >= 15 is 0 Å². The van der Waals surface area contributed by atoms with Gasteiger partial charge in [0.05, 0.1) is 7.11 Å². The summed E-state index contributed by atoms with van der Waals surface area (Å²) < 4.78 is 4.82. The van der Waals surface area contributed by atoms with E-state index in [1.54, 1.807) is 12.1 Å². The maximum atomic E-state index is 12.3. The Labute approximate surface area is 123 Å². The molecule has 0 aliphatic heterocycles. The average Bonchev–Trinajstić information content (AvgIpc) is 3.00. The van der Waals surface area contributed by atoms with E-state index in [0.29, 0.717) is 5.56 Å². The minimum Gasteiger partial charge on any atom is -0.508 e. The summed E-state index contributed by atoms with van der Waals surface area (Å²) in [6.07, 6.45) is 3.40. The molecule has 0 heterocycles. The number of ether oxygens (including phenoxy) is 1. The molecule has 1 aliphatic carbocycles. The van der Waals surface area contributed by atoms with Crippen LogP contribution in [0.1, 0.15) is 31.2 Å². The van der Waals surface area contributed by atoms with Crippen molar-refractivity contribution in [3.63, 3.8) is 0 Å². The molecule has 5 heteroatoms. The molecular weight excluding hydrogens is 272 g/mol. The Balaban J connectivity index is 2.40. The first-order chi connectivity index (χ1) is 10.0. The molecule has 0 radical (unpaired) electrons. The second-order valence-corrected chi connectivity index (χ2v) is 5.59. The third kappa shape index (κ3) is 2.86. The van der Waals surface area contributed by atoms with Crippen LogP contribution in [0.3, 0.4) is 0 Å². The van der Waals surface area contributed by atoms with Gasteiger partial charge in [0.2, 0.25) is 0 Å². The van der Waals surface area contributed by atoms with Gasteiger partial charge in [-0.3, -0.25) is 9.59 Å². The fourth-order valence-corrected chi connectivity index (χ4v) is 3.26. The molecule has 21 heavy (non-hydrogen) atoms. The molecule has 114 valence electrons. The minimum atomic E-state index is -1.54. The molecule has 0 saturated heterocycles. The number of carbonyl (C=O) groups excluding carboxylic acids is 1. The molecule has 1 aliphatic rings. The molecule has 1 fully saturated rings. The molecule has 1 atom stereocenters. The van der Waals surface area contributed by atoms with Crippen LogP contribution < -0.4 is 0 Å². The number of aromatic hydroxyl groups is 1. The zero-order valence-electron chi connectivity index (χ0n) is 12.0. The van der Waals surface area contributed by atoms with Gasteiger partial charge in [0.25, 0.3) is 0 Å². The number of carboxylic acids is 1. The second kappa shape index (κ2) is 6.16. The number of esters is 1. The van der Waals surface area contributed by atoms with Crippen LogP contribution in [-0.2, 0) is 20.7 Å². The topological polar surface area (TPSA) is 83.8 Å². The van der Waals surface area contributed by atoms with E-state index in [0.717, 1.165) is 25.7 Å². The van der Waals surface area contributed by atoms with Crippen molar-refractivity contribution in [3.05, 3.63) is 29.8 Å². The molecule has 0 aromatic heterocycles. The van der Waals surface area contributed by atoms with E-state index < -0.39 is 17.4 Å². The first-order valence-electron chi connectivity index (χ1n) is 7.10. The molecular formula is C16H20O5. The lowest BCUT2D eigenvalue weighted by molar-refractivity contribution is -0.171. The lowest BCUT2D eigenvalue weighted by atomic mass is 9.70. The van der Waals surface area contributed by atoms with Crippen LogP contribution in [0.15, 0.2) is 24.3 Å². The van der Waals surface area contributed by atoms with E-state index in [9.17, 15) is 19.8 Å². The molecule has 1 saturated carbocycles. The Morgan fingerprint density at radius 2 is 1.81 bits per heavy atom. The fraction of sp³-hybridized carbons (Fsp3) is 0.500. The number of phenolic OH excluding ortho intramolecular Hbond substituents is 1. The zero-order valence-corrected chi connectivity index (χ0v) is 12.0. The van der Waals surface area contributed by atoms with Crippen molar-refractivity contribution in [2.24, 2.45) is 11.3 Å². The molecule has 1 unspecified atom stereocenters. The quantitative estimate of drug-likeness (QED) is 0.643. The number of phenols is 1. The van der Waals surface area contributed by atoms with Crippen molar-refractivity contribution in [2.75, 3.05) is 7.11 Å². The third-order valence-corrected chi connectivity index (χ3v) is 4.40. The van der Waals surface area contributed by atoms with Crippen LogP contribution in [0.2, 0.25) is 0 Å². The molecule has 0 bridgehead atoms. The monoisotopic (exact) mass is 292 g/mol. The summed E-state index contributed by atoms with van der Waals surface area (Å²) in [5.74, 6) is -1.92. The van der Waals surface area contributed by atoms with E-state index in [1.807, 2.05) is 0 Å². The molecule has 2 rings (SSSR count). The van der Waals surface area contributed by atoms with Crippen molar-refractivity contribution < 1.29 is 24.5 Å². The van der Waals surface area contributed by atoms with Crippen LogP contribution in [0.5, 0.6) is 5.75 Å². The van der Waals surface area contributed by atoms with Gasteiger partial charge in [-0.1, -0.05) is 25.0 Å². The number of rotatable bonds is 5. The number of methoxy groups -OCH3 is 1. The zero-order chi connectivity index (χ0) is 15.5. The summed E-state index contributed by atoms with van der Waals surface area (Å²) in [5.41, 5.74) is -0.838. The molecule has 1 aromatic rings. The summed E-state index contributed by atoms with van der Waals surface area (Å²) in [6.45, 7) is 0. The first kappa shape index (κ1) is 15.4. The highest BCUT2D eigenvalue weighted by atomic mass is 16.5. The average molecular weight is 292 g/mol. The highest BCUT2D eigenvalue weighted by Gasteiger charge is 2.54. The van der Waals surface area contributed by atoms with Crippen molar-refractivity contribution in [2.45, 2.75) is 32.1 Å². The molecule has 0 spiro atoms. The van der Waals surface area contributed by atoms with Gasteiger partial charge in [0.1, 0.15) is 5.75 Å². The molecule has 5 nitrogen and oxygen atoms in total. The normalized spacial score (nSPS) is 18.1. The van der Waals surface area contributed by atoms with Gasteiger partial charge in [0.15, 0.2) is 5.41 Å². The fourth-order valence-electron chi connectivity index (χ4n) is 3.26. The Morgan fingerprint density at radius 3 is 2.29 bits per heavy atom. The van der Waals surface area contributed by atoms with Gasteiger partial charge in [-0.05, 0) is 42.9 Å². The van der Waals surface area contributed by atoms with E-state index in [-0.39, 0.29) is 18.1 Å². The number of carbonyl (C=O) groups is 2. The largest absolute Gasteiger partial charge is 0.508 e. The highest BCUT2D eigenvalue weighted by Crippen LogP contribution is 2.43. The predicted octanol–water partition coefficient (Wildman–Crippen LogP) is 2.37. The molecule has 1 aromatic carbocycles. The molecule has 2 N–H and O–H groups in total. The highest BCUT2D eigenvalue weighted by molar-refractivity contribution is 6.00. The van der Waals surface area contributed by atoms with E-state index in [4.69, 9.17) is 4.74 Å². The van der Waals surface area contributed by atoms with E-state index in [2.05, 4.69) is 0 Å². The maximum Gasteiger partial charge on any atom is 0.323 e. The maximum absolute atomic E-state index is 12.3. The lowest BCUT2D eigenvalue weighted by Gasteiger charge is -2.32. The van der Waals surface area contributed by atoms with Gasteiger partial charge in [-0.15, -0.1) is 0 Å². The third-order valence-electron chi connectivity index (χ3n) is 4.40. The summed E-state index contributed by atoms with van der Waals surface area (Å²) >= 11 is 0. The summed E-state index contributed by atoms with van der Waals surface area (Å²) in [7, 11) is 1.23. The number of aliphatic carboxylic acids is 1.